The van der Waals surface area contributed by atoms with E-state index in [0.717, 1.165) is 6.07 Å². The van der Waals surface area contributed by atoms with Crippen LogP contribution in [0.2, 0.25) is 0 Å². The van der Waals surface area contributed by atoms with Crippen molar-refractivity contribution < 1.29 is 22.5 Å². The van der Waals surface area contributed by atoms with Gasteiger partial charge < -0.3 is 4.74 Å². The molecule has 28 heavy (non-hydrogen) atoms. The summed E-state index contributed by atoms with van der Waals surface area (Å²) in [6.45, 7) is 0.924. The van der Waals surface area contributed by atoms with Crippen LogP contribution in [0.5, 0.6) is 0 Å². The third-order valence-electron chi connectivity index (χ3n) is 4.02. The SMILES string of the molecule is O=[N+]([O-])c1cc(S(=O)(=O)N2CCOCC2)ccc1N/N=C\c1cccc(F)c1. The van der Waals surface area contributed by atoms with Gasteiger partial charge in [-0.05, 0) is 29.8 Å². The number of hydrazone groups is 1. The second-order valence-electron chi connectivity index (χ2n) is 5.88. The molecule has 2 aromatic carbocycles. The average Bonchev–Trinajstić information content (AvgIpc) is 2.68. The summed E-state index contributed by atoms with van der Waals surface area (Å²) in [5.74, 6) is -0.437. The molecule has 1 fully saturated rings. The van der Waals surface area contributed by atoms with E-state index in [0.29, 0.717) is 5.56 Å². The number of anilines is 1. The van der Waals surface area contributed by atoms with Crippen LogP contribution in [0, 0.1) is 15.9 Å². The Hall–Kier alpha value is -2.89. The predicted molar refractivity (Wildman–Crippen MR) is 100 cm³/mol. The maximum absolute atomic E-state index is 13.2. The fourth-order valence-corrected chi connectivity index (χ4v) is 4.05. The van der Waals surface area contributed by atoms with E-state index in [4.69, 9.17) is 4.74 Å². The first kappa shape index (κ1) is 19.9. The summed E-state index contributed by atoms with van der Waals surface area (Å²) >= 11 is 0. The molecule has 0 bridgehead atoms. The van der Waals surface area contributed by atoms with Crippen LogP contribution in [0.4, 0.5) is 15.8 Å². The largest absolute Gasteiger partial charge is 0.379 e. The fourth-order valence-electron chi connectivity index (χ4n) is 2.62. The molecule has 3 rings (SSSR count). The van der Waals surface area contributed by atoms with Gasteiger partial charge in [0.1, 0.15) is 11.5 Å². The quantitative estimate of drug-likeness (QED) is 0.445. The van der Waals surface area contributed by atoms with Crippen LogP contribution in [0.1, 0.15) is 5.56 Å². The van der Waals surface area contributed by atoms with Gasteiger partial charge in [-0.2, -0.15) is 9.41 Å². The van der Waals surface area contributed by atoms with Crippen molar-refractivity contribution in [2.45, 2.75) is 4.90 Å². The minimum absolute atomic E-state index is 0.0126. The molecule has 1 N–H and O–H groups in total. The number of hydrogen-bond donors (Lipinski definition) is 1. The monoisotopic (exact) mass is 408 g/mol. The van der Waals surface area contributed by atoms with Crippen molar-refractivity contribution in [3.8, 4) is 0 Å². The summed E-state index contributed by atoms with van der Waals surface area (Å²) in [5, 5.41) is 15.2. The number of ether oxygens (including phenoxy) is 1. The summed E-state index contributed by atoms with van der Waals surface area (Å²) < 4.78 is 44.9. The molecule has 148 valence electrons. The molecule has 1 saturated heterocycles. The molecule has 0 atom stereocenters. The molecule has 0 aliphatic carbocycles. The third kappa shape index (κ3) is 4.50. The molecule has 1 heterocycles. The number of hydrogen-bond acceptors (Lipinski definition) is 7. The van der Waals surface area contributed by atoms with Crippen molar-refractivity contribution in [3.63, 3.8) is 0 Å². The highest BCUT2D eigenvalue weighted by molar-refractivity contribution is 7.89. The van der Waals surface area contributed by atoms with Gasteiger partial charge in [0.05, 0.1) is 29.2 Å². The molecule has 0 saturated carbocycles. The van der Waals surface area contributed by atoms with E-state index in [1.807, 2.05) is 0 Å². The van der Waals surface area contributed by atoms with Crippen LogP contribution in [-0.2, 0) is 14.8 Å². The van der Waals surface area contributed by atoms with Gasteiger partial charge in [0.25, 0.3) is 5.69 Å². The normalized spacial score (nSPS) is 15.6. The smallest absolute Gasteiger partial charge is 0.295 e. The lowest BCUT2D eigenvalue weighted by Crippen LogP contribution is -2.40. The van der Waals surface area contributed by atoms with E-state index in [1.165, 1.54) is 40.9 Å². The Morgan fingerprint density at radius 2 is 1.96 bits per heavy atom. The Balaban J connectivity index is 1.84. The molecule has 1 aliphatic heterocycles. The summed E-state index contributed by atoms with van der Waals surface area (Å²) in [5.41, 5.74) is 2.53. The summed E-state index contributed by atoms with van der Waals surface area (Å²) in [6.07, 6.45) is 1.30. The average molecular weight is 408 g/mol. The lowest BCUT2D eigenvalue weighted by Gasteiger charge is -2.26. The van der Waals surface area contributed by atoms with Gasteiger partial charge in [0, 0.05) is 19.2 Å². The molecule has 0 spiro atoms. The molecular formula is C17H17FN4O5S. The van der Waals surface area contributed by atoms with Crippen molar-refractivity contribution >= 4 is 27.6 Å². The zero-order valence-electron chi connectivity index (χ0n) is 14.6. The number of nitrogens with zero attached hydrogens (tertiary/aromatic N) is 3. The first-order valence-electron chi connectivity index (χ1n) is 8.29. The molecule has 0 radical (unpaired) electrons. The van der Waals surface area contributed by atoms with Crippen LogP contribution < -0.4 is 5.43 Å². The van der Waals surface area contributed by atoms with E-state index in [1.54, 1.807) is 6.07 Å². The Bertz CT molecular complexity index is 1010. The Morgan fingerprint density at radius 3 is 2.64 bits per heavy atom. The molecule has 1 aliphatic rings. The summed E-state index contributed by atoms with van der Waals surface area (Å²) in [6, 6.07) is 9.18. The molecule has 0 amide bonds. The van der Waals surface area contributed by atoms with Crippen molar-refractivity contribution in [1.29, 1.82) is 0 Å². The standard InChI is InChI=1S/C17H17FN4O5S/c18-14-3-1-2-13(10-14)12-19-20-16-5-4-15(11-17(16)22(23)24)28(25,26)21-6-8-27-9-7-21/h1-5,10-12,20H,6-9H2/b19-12-. The zero-order valence-corrected chi connectivity index (χ0v) is 15.4. The highest BCUT2D eigenvalue weighted by Gasteiger charge is 2.28. The fraction of sp³-hybridized carbons (Fsp3) is 0.235. The number of benzene rings is 2. The van der Waals surface area contributed by atoms with Crippen molar-refractivity contribution in [2.75, 3.05) is 31.7 Å². The van der Waals surface area contributed by atoms with Crippen molar-refractivity contribution in [3.05, 3.63) is 64.0 Å². The molecule has 2 aromatic rings. The van der Waals surface area contributed by atoms with Gasteiger partial charge >= 0.3 is 0 Å². The first-order chi connectivity index (χ1) is 13.4. The van der Waals surface area contributed by atoms with Gasteiger partial charge in [-0.1, -0.05) is 12.1 Å². The van der Waals surface area contributed by atoms with Crippen LogP contribution in [0.25, 0.3) is 0 Å². The molecule has 0 aromatic heterocycles. The number of morpholine rings is 1. The number of nitro benzene ring substituents is 1. The minimum atomic E-state index is -3.86. The number of rotatable bonds is 6. The topological polar surface area (TPSA) is 114 Å². The van der Waals surface area contributed by atoms with Crippen molar-refractivity contribution in [2.24, 2.45) is 5.10 Å². The van der Waals surface area contributed by atoms with Crippen molar-refractivity contribution in [1.82, 2.24) is 4.31 Å². The third-order valence-corrected chi connectivity index (χ3v) is 5.92. The van der Waals surface area contributed by atoms with Crippen LogP contribution in [0.15, 0.2) is 52.5 Å². The molecule has 11 heteroatoms. The minimum Gasteiger partial charge on any atom is -0.379 e. The van der Waals surface area contributed by atoms with Gasteiger partial charge in [-0.3, -0.25) is 15.5 Å². The lowest BCUT2D eigenvalue weighted by molar-refractivity contribution is -0.384. The maximum atomic E-state index is 13.2. The molecule has 0 unspecified atom stereocenters. The van der Waals surface area contributed by atoms with Crippen LogP contribution in [0.3, 0.4) is 0 Å². The number of sulfonamides is 1. The van der Waals surface area contributed by atoms with E-state index in [2.05, 4.69) is 10.5 Å². The van der Waals surface area contributed by atoms with E-state index >= 15 is 0 Å². The number of nitro groups is 1. The number of halogens is 1. The van der Waals surface area contributed by atoms with Gasteiger partial charge in [-0.15, -0.1) is 0 Å². The molecule has 9 nitrogen and oxygen atoms in total. The highest BCUT2D eigenvalue weighted by atomic mass is 32.2. The maximum Gasteiger partial charge on any atom is 0.295 e. The van der Waals surface area contributed by atoms with Crippen LogP contribution >= 0.6 is 0 Å². The Kier molecular flexibility index (Phi) is 5.97. The second kappa shape index (κ2) is 8.42. The predicted octanol–water partition coefficient (Wildman–Crippen LogP) is 2.20. The first-order valence-corrected chi connectivity index (χ1v) is 9.73. The summed E-state index contributed by atoms with van der Waals surface area (Å²) in [4.78, 5) is 10.5. The van der Waals surface area contributed by atoms with Crippen LogP contribution in [-0.4, -0.2) is 50.2 Å². The lowest BCUT2D eigenvalue weighted by atomic mass is 10.2. The Labute approximate surface area is 160 Å². The van der Waals surface area contributed by atoms with Gasteiger partial charge in [-0.25, -0.2) is 12.8 Å². The second-order valence-corrected chi connectivity index (χ2v) is 7.82. The zero-order chi connectivity index (χ0) is 20.1. The Morgan fingerprint density at radius 1 is 1.21 bits per heavy atom. The summed E-state index contributed by atoms with van der Waals surface area (Å²) in [7, 11) is -3.86. The molecular weight excluding hydrogens is 391 g/mol. The van der Waals surface area contributed by atoms with Gasteiger partial charge in [0.2, 0.25) is 10.0 Å². The van der Waals surface area contributed by atoms with E-state index in [9.17, 15) is 22.9 Å². The van der Waals surface area contributed by atoms with E-state index < -0.39 is 26.5 Å². The van der Waals surface area contributed by atoms with Gasteiger partial charge in [0.15, 0.2) is 0 Å². The number of nitrogens with one attached hydrogen (secondary N) is 1. The highest BCUT2D eigenvalue weighted by Crippen LogP contribution is 2.29. The van der Waals surface area contributed by atoms with E-state index in [-0.39, 0.29) is 36.9 Å².